The van der Waals surface area contributed by atoms with Gasteiger partial charge < -0.3 is 10.6 Å². The number of hydrogen-bond acceptors (Lipinski definition) is 6. The second-order valence-corrected chi connectivity index (χ2v) is 4.80. The van der Waals surface area contributed by atoms with Crippen LogP contribution in [0.25, 0.3) is 0 Å². The van der Waals surface area contributed by atoms with E-state index < -0.39 is 0 Å². The molecule has 0 aliphatic heterocycles. The van der Waals surface area contributed by atoms with Crippen LogP contribution in [0.3, 0.4) is 0 Å². The first-order valence-corrected chi connectivity index (χ1v) is 7.07. The molecule has 1 aromatic heterocycles. The van der Waals surface area contributed by atoms with Crippen LogP contribution in [0.2, 0.25) is 0 Å². The molecule has 1 heterocycles. The molecule has 2 N–H and O–H groups in total. The number of para-hydroxylation sites is 2. The van der Waals surface area contributed by atoms with Gasteiger partial charge in [0.25, 0.3) is 5.43 Å². The Morgan fingerprint density at radius 1 is 0.714 bits per heavy atom. The minimum absolute atomic E-state index is 0.263. The first-order chi connectivity index (χ1) is 10.3. The third kappa shape index (κ3) is 3.24. The van der Waals surface area contributed by atoms with Crippen molar-refractivity contribution in [1.82, 2.24) is 8.75 Å². The molecule has 0 spiro atoms. The molecule has 0 fully saturated rings. The first-order valence-electron chi connectivity index (χ1n) is 6.34. The van der Waals surface area contributed by atoms with Crippen molar-refractivity contribution in [3.05, 3.63) is 70.9 Å². The summed E-state index contributed by atoms with van der Waals surface area (Å²) < 4.78 is 8.09. The van der Waals surface area contributed by atoms with Crippen LogP contribution in [-0.2, 0) is 0 Å². The molecule has 21 heavy (non-hydrogen) atoms. The van der Waals surface area contributed by atoms with E-state index in [9.17, 15) is 4.79 Å². The quantitative estimate of drug-likeness (QED) is 0.772. The van der Waals surface area contributed by atoms with E-state index in [1.807, 2.05) is 60.7 Å². The molecule has 104 valence electrons. The molecule has 5 nitrogen and oxygen atoms in total. The molecule has 0 saturated carbocycles. The van der Waals surface area contributed by atoms with Crippen LogP contribution in [-0.4, -0.2) is 8.75 Å². The Balaban J connectivity index is 1.87. The van der Waals surface area contributed by atoms with E-state index in [0.29, 0.717) is 0 Å². The van der Waals surface area contributed by atoms with Crippen molar-refractivity contribution < 1.29 is 0 Å². The van der Waals surface area contributed by atoms with Crippen molar-refractivity contribution in [2.75, 3.05) is 10.6 Å². The summed E-state index contributed by atoms with van der Waals surface area (Å²) in [5.41, 5.74) is 1.36. The minimum atomic E-state index is -0.263. The Bertz CT molecular complexity index is 712. The number of aromatic nitrogens is 2. The zero-order chi connectivity index (χ0) is 14.5. The average molecular weight is 296 g/mol. The molecule has 0 saturated heterocycles. The van der Waals surface area contributed by atoms with Gasteiger partial charge in [0.15, 0.2) is 11.6 Å². The van der Waals surface area contributed by atoms with E-state index in [1.165, 1.54) is 0 Å². The first kappa shape index (κ1) is 13.3. The second kappa shape index (κ2) is 6.15. The summed E-state index contributed by atoms with van der Waals surface area (Å²) in [6.07, 6.45) is 0. The summed E-state index contributed by atoms with van der Waals surface area (Å²) >= 11 is 0.983. The van der Waals surface area contributed by atoms with Gasteiger partial charge in [-0.25, -0.2) is 0 Å². The number of nitrogens with one attached hydrogen (secondary N) is 2. The van der Waals surface area contributed by atoms with Crippen LogP contribution >= 0.6 is 11.7 Å². The van der Waals surface area contributed by atoms with Crippen molar-refractivity contribution in [1.29, 1.82) is 0 Å². The average Bonchev–Trinajstić information content (AvgIpc) is 2.53. The van der Waals surface area contributed by atoms with E-state index in [1.54, 1.807) is 0 Å². The largest absolute Gasteiger partial charge is 0.336 e. The SMILES string of the molecule is O=c1c(Nc2ccccc2)nsnc1Nc1ccccc1. The Kier molecular flexibility index (Phi) is 3.88. The van der Waals surface area contributed by atoms with Crippen LogP contribution in [0.5, 0.6) is 0 Å². The van der Waals surface area contributed by atoms with E-state index in [4.69, 9.17) is 0 Å². The van der Waals surface area contributed by atoms with Crippen LogP contribution < -0.4 is 16.1 Å². The van der Waals surface area contributed by atoms with Crippen LogP contribution in [0.1, 0.15) is 0 Å². The highest BCUT2D eigenvalue weighted by Crippen LogP contribution is 2.15. The van der Waals surface area contributed by atoms with Crippen LogP contribution in [0.15, 0.2) is 65.5 Å². The number of anilines is 4. The van der Waals surface area contributed by atoms with Crippen molar-refractivity contribution in [3.63, 3.8) is 0 Å². The monoisotopic (exact) mass is 296 g/mol. The van der Waals surface area contributed by atoms with Crippen molar-refractivity contribution in [2.24, 2.45) is 0 Å². The van der Waals surface area contributed by atoms with E-state index in [0.717, 1.165) is 23.1 Å². The lowest BCUT2D eigenvalue weighted by Gasteiger charge is -2.06. The van der Waals surface area contributed by atoms with E-state index in [2.05, 4.69) is 19.4 Å². The maximum Gasteiger partial charge on any atom is 0.265 e. The number of rotatable bonds is 4. The lowest BCUT2D eigenvalue weighted by atomic mass is 10.3. The number of hydrogen-bond donors (Lipinski definition) is 2. The van der Waals surface area contributed by atoms with Crippen molar-refractivity contribution in [2.45, 2.75) is 0 Å². The zero-order valence-corrected chi connectivity index (χ0v) is 11.8. The molecule has 0 radical (unpaired) electrons. The van der Waals surface area contributed by atoms with Crippen molar-refractivity contribution >= 4 is 34.7 Å². The molecular weight excluding hydrogens is 284 g/mol. The highest BCUT2D eigenvalue weighted by atomic mass is 32.1. The van der Waals surface area contributed by atoms with Gasteiger partial charge in [-0.3, -0.25) is 4.79 Å². The van der Waals surface area contributed by atoms with Gasteiger partial charge in [-0.15, -0.1) is 0 Å². The van der Waals surface area contributed by atoms with Gasteiger partial charge in [0.1, 0.15) is 0 Å². The summed E-state index contributed by atoms with van der Waals surface area (Å²) in [4.78, 5) is 12.3. The summed E-state index contributed by atoms with van der Waals surface area (Å²) in [5, 5.41) is 6.01. The van der Waals surface area contributed by atoms with E-state index in [-0.39, 0.29) is 17.1 Å². The van der Waals surface area contributed by atoms with Crippen LogP contribution in [0, 0.1) is 0 Å². The fourth-order valence-electron chi connectivity index (χ4n) is 1.77. The van der Waals surface area contributed by atoms with Gasteiger partial charge in [0, 0.05) is 11.4 Å². The second-order valence-electron chi connectivity index (χ2n) is 4.27. The smallest absolute Gasteiger partial charge is 0.265 e. The third-order valence-corrected chi connectivity index (χ3v) is 3.30. The molecule has 3 aromatic rings. The van der Waals surface area contributed by atoms with Gasteiger partial charge in [-0.1, -0.05) is 36.4 Å². The number of benzene rings is 2. The lowest BCUT2D eigenvalue weighted by molar-refractivity contribution is 1.31. The van der Waals surface area contributed by atoms with Crippen molar-refractivity contribution in [3.8, 4) is 0 Å². The molecule has 0 bridgehead atoms. The molecule has 2 aromatic carbocycles. The number of nitrogens with zero attached hydrogens (tertiary/aromatic N) is 2. The predicted octanol–water partition coefficient (Wildman–Crippen LogP) is 3.39. The fourth-order valence-corrected chi connectivity index (χ4v) is 2.23. The summed E-state index contributed by atoms with van der Waals surface area (Å²) in [6, 6.07) is 18.9. The summed E-state index contributed by atoms with van der Waals surface area (Å²) in [7, 11) is 0. The van der Waals surface area contributed by atoms with Gasteiger partial charge in [-0.2, -0.15) is 8.75 Å². The summed E-state index contributed by atoms with van der Waals surface area (Å²) in [5.74, 6) is 0.527. The maximum absolute atomic E-state index is 12.3. The molecule has 0 aliphatic rings. The zero-order valence-electron chi connectivity index (χ0n) is 11.0. The summed E-state index contributed by atoms with van der Waals surface area (Å²) in [6.45, 7) is 0. The molecular formula is C15H12N4OS. The lowest BCUT2D eigenvalue weighted by Crippen LogP contribution is -2.14. The Hall–Kier alpha value is -2.73. The predicted molar refractivity (Wildman–Crippen MR) is 85.6 cm³/mol. The molecule has 0 aliphatic carbocycles. The minimum Gasteiger partial charge on any atom is -0.336 e. The third-order valence-electron chi connectivity index (χ3n) is 2.77. The molecule has 6 heteroatoms. The standard InChI is InChI=1S/C15H12N4OS/c20-13-14(16-11-7-3-1-4-8-11)18-21-19-15(13)17-12-9-5-2-6-10-12/h1-10H,(H,16,18)(H,17,19). The van der Waals surface area contributed by atoms with Gasteiger partial charge >= 0.3 is 0 Å². The Morgan fingerprint density at radius 3 is 1.57 bits per heavy atom. The van der Waals surface area contributed by atoms with E-state index >= 15 is 0 Å². The van der Waals surface area contributed by atoms with Gasteiger partial charge in [-0.05, 0) is 24.3 Å². The highest BCUT2D eigenvalue weighted by molar-refractivity contribution is 6.99. The van der Waals surface area contributed by atoms with Gasteiger partial charge in [0.2, 0.25) is 0 Å². The normalized spacial score (nSPS) is 10.1. The molecule has 3 rings (SSSR count). The maximum atomic E-state index is 12.3. The fraction of sp³-hybridized carbons (Fsp3) is 0. The highest BCUT2D eigenvalue weighted by Gasteiger charge is 2.09. The van der Waals surface area contributed by atoms with Gasteiger partial charge in [0.05, 0.1) is 11.7 Å². The molecule has 0 unspecified atom stereocenters. The molecule has 0 atom stereocenters. The Morgan fingerprint density at radius 2 is 1.14 bits per heavy atom. The topological polar surface area (TPSA) is 66.9 Å². The Labute approximate surface area is 125 Å². The van der Waals surface area contributed by atoms with Crippen LogP contribution in [0.4, 0.5) is 23.0 Å². The molecule has 0 amide bonds.